The van der Waals surface area contributed by atoms with Crippen LogP contribution in [0.1, 0.15) is 28.8 Å². The smallest absolute Gasteiger partial charge is 0.218 e. The van der Waals surface area contributed by atoms with Gasteiger partial charge in [-0.25, -0.2) is 4.98 Å². The summed E-state index contributed by atoms with van der Waals surface area (Å²) >= 11 is 1.78. The second-order valence-corrected chi connectivity index (χ2v) is 7.44. The minimum absolute atomic E-state index is 0.432. The fourth-order valence-corrected chi connectivity index (χ4v) is 3.52. The van der Waals surface area contributed by atoms with Gasteiger partial charge in [0.2, 0.25) is 5.88 Å². The fraction of sp³-hybridized carbons (Fsp3) is 0.273. The molecule has 0 aliphatic heterocycles. The molecular weight excluding hydrogens is 368 g/mol. The van der Waals surface area contributed by atoms with Crippen LogP contribution in [0.2, 0.25) is 0 Å². The molecule has 1 unspecified atom stereocenters. The van der Waals surface area contributed by atoms with Crippen LogP contribution in [0.3, 0.4) is 0 Å². The molecule has 2 N–H and O–H groups in total. The zero-order valence-electron chi connectivity index (χ0n) is 16.3. The predicted molar refractivity (Wildman–Crippen MR) is 116 cm³/mol. The lowest BCUT2D eigenvalue weighted by Crippen LogP contribution is -2.38. The van der Waals surface area contributed by atoms with Gasteiger partial charge in [-0.3, -0.25) is 4.99 Å². The molecule has 1 atom stereocenters. The zero-order chi connectivity index (χ0) is 19.6. The maximum absolute atomic E-state index is 5.93. The van der Waals surface area contributed by atoms with E-state index in [2.05, 4.69) is 45.0 Å². The van der Waals surface area contributed by atoms with Crippen LogP contribution in [-0.4, -0.2) is 24.5 Å². The molecule has 0 saturated heterocycles. The Balaban J connectivity index is 1.52. The number of benzene rings is 1. The Labute approximate surface area is 170 Å². The summed E-state index contributed by atoms with van der Waals surface area (Å²) in [5.41, 5.74) is 2.11. The second-order valence-electron chi connectivity index (χ2n) is 6.47. The molecule has 146 valence electrons. The van der Waals surface area contributed by atoms with Crippen molar-refractivity contribution in [2.24, 2.45) is 4.99 Å². The molecule has 28 heavy (non-hydrogen) atoms. The van der Waals surface area contributed by atoms with Gasteiger partial charge >= 0.3 is 0 Å². The van der Waals surface area contributed by atoms with Crippen molar-refractivity contribution in [3.05, 3.63) is 82.2 Å². The molecule has 5 nitrogen and oxygen atoms in total. The minimum atomic E-state index is 0.432. The quantitative estimate of drug-likeness (QED) is 0.444. The van der Waals surface area contributed by atoms with E-state index >= 15 is 0 Å². The molecule has 2 heterocycles. The highest BCUT2D eigenvalue weighted by atomic mass is 32.1. The summed E-state index contributed by atoms with van der Waals surface area (Å²) < 4.78 is 5.93. The Bertz CT molecular complexity index is 865. The summed E-state index contributed by atoms with van der Waals surface area (Å²) in [7, 11) is 1.78. The third-order valence-corrected chi connectivity index (χ3v) is 5.45. The highest BCUT2D eigenvalue weighted by Gasteiger charge is 2.09. The van der Waals surface area contributed by atoms with Crippen LogP contribution in [0.4, 0.5) is 0 Å². The molecule has 0 fully saturated rings. The van der Waals surface area contributed by atoms with E-state index in [0.717, 1.165) is 23.6 Å². The molecule has 6 heteroatoms. The van der Waals surface area contributed by atoms with Gasteiger partial charge in [0.1, 0.15) is 6.61 Å². The Morgan fingerprint density at radius 2 is 1.96 bits per heavy atom. The van der Waals surface area contributed by atoms with Crippen LogP contribution in [-0.2, 0) is 13.2 Å². The number of rotatable bonds is 8. The summed E-state index contributed by atoms with van der Waals surface area (Å²) in [4.78, 5) is 10.1. The lowest BCUT2D eigenvalue weighted by Gasteiger charge is -2.16. The van der Waals surface area contributed by atoms with Crippen molar-refractivity contribution in [3.8, 4) is 5.88 Å². The van der Waals surface area contributed by atoms with Crippen molar-refractivity contribution in [3.63, 3.8) is 0 Å². The summed E-state index contributed by atoms with van der Waals surface area (Å²) in [5, 5.41) is 8.85. The van der Waals surface area contributed by atoms with Crippen LogP contribution in [0.15, 0.2) is 71.2 Å². The first-order chi connectivity index (χ1) is 13.8. The van der Waals surface area contributed by atoms with Gasteiger partial charge in [-0.15, -0.1) is 11.3 Å². The van der Waals surface area contributed by atoms with Gasteiger partial charge in [0.15, 0.2) is 5.96 Å². The number of nitrogens with zero attached hydrogens (tertiary/aromatic N) is 2. The number of aliphatic imine (C=N–C) groups is 1. The Morgan fingerprint density at radius 1 is 1.11 bits per heavy atom. The van der Waals surface area contributed by atoms with Crippen molar-refractivity contribution < 1.29 is 4.74 Å². The lowest BCUT2D eigenvalue weighted by atomic mass is 10.1. The highest BCUT2D eigenvalue weighted by molar-refractivity contribution is 7.10. The van der Waals surface area contributed by atoms with Gasteiger partial charge in [0, 0.05) is 42.7 Å². The number of nitrogens with one attached hydrogen (secondary N) is 2. The molecule has 0 spiro atoms. The average Bonchev–Trinajstić information content (AvgIpc) is 3.28. The Kier molecular flexibility index (Phi) is 7.44. The normalized spacial score (nSPS) is 12.4. The number of pyridine rings is 1. The molecular formula is C22H26N4OS. The van der Waals surface area contributed by atoms with Crippen molar-refractivity contribution >= 4 is 17.3 Å². The van der Waals surface area contributed by atoms with E-state index in [0.29, 0.717) is 24.9 Å². The monoisotopic (exact) mass is 394 g/mol. The van der Waals surface area contributed by atoms with Crippen LogP contribution < -0.4 is 15.4 Å². The molecule has 0 aliphatic carbocycles. The first-order valence-electron chi connectivity index (χ1n) is 9.35. The van der Waals surface area contributed by atoms with Crippen LogP contribution in [0, 0.1) is 0 Å². The van der Waals surface area contributed by atoms with E-state index in [-0.39, 0.29) is 0 Å². The predicted octanol–water partition coefficient (Wildman–Crippen LogP) is 4.19. The van der Waals surface area contributed by atoms with E-state index in [9.17, 15) is 0 Å². The van der Waals surface area contributed by atoms with Gasteiger partial charge in [-0.1, -0.05) is 49.4 Å². The summed E-state index contributed by atoms with van der Waals surface area (Å²) in [6.45, 7) is 4.12. The fourth-order valence-electron chi connectivity index (χ4n) is 2.74. The number of aromatic nitrogens is 1. The van der Waals surface area contributed by atoms with Crippen LogP contribution in [0.5, 0.6) is 5.88 Å². The molecule has 0 radical (unpaired) electrons. The lowest BCUT2D eigenvalue weighted by molar-refractivity contribution is 0.290. The standard InChI is InChI=1S/C22H26N4OS/c1-17(20-11-7-13-28-20)14-25-22(23-2)26-15-19-10-6-12-24-21(19)27-16-18-8-4-3-5-9-18/h3-13,17H,14-16H2,1-2H3,(H2,23,25,26). The van der Waals surface area contributed by atoms with Gasteiger partial charge in [0.25, 0.3) is 0 Å². The third kappa shape index (κ3) is 5.82. The van der Waals surface area contributed by atoms with Gasteiger partial charge in [0.05, 0.1) is 0 Å². The topological polar surface area (TPSA) is 58.5 Å². The van der Waals surface area contributed by atoms with E-state index in [4.69, 9.17) is 4.74 Å². The summed E-state index contributed by atoms with van der Waals surface area (Å²) in [5.74, 6) is 1.84. The molecule has 0 amide bonds. The SMILES string of the molecule is CN=C(NCc1cccnc1OCc1ccccc1)NCC(C)c1cccs1. The van der Waals surface area contributed by atoms with Gasteiger partial charge in [-0.2, -0.15) is 0 Å². The van der Waals surface area contributed by atoms with Crippen molar-refractivity contribution in [2.75, 3.05) is 13.6 Å². The molecule has 0 saturated carbocycles. The maximum atomic E-state index is 5.93. The summed E-state index contributed by atoms with van der Waals surface area (Å²) in [6, 6.07) is 18.3. The molecule has 0 bridgehead atoms. The summed E-state index contributed by atoms with van der Waals surface area (Å²) in [6.07, 6.45) is 1.75. The average molecular weight is 395 g/mol. The van der Waals surface area contributed by atoms with Gasteiger partial charge < -0.3 is 15.4 Å². The molecule has 3 aromatic rings. The molecule has 0 aliphatic rings. The maximum Gasteiger partial charge on any atom is 0.218 e. The number of ether oxygens (including phenoxy) is 1. The highest BCUT2D eigenvalue weighted by Crippen LogP contribution is 2.19. The van der Waals surface area contributed by atoms with Crippen molar-refractivity contribution in [1.29, 1.82) is 0 Å². The second kappa shape index (κ2) is 10.5. The van der Waals surface area contributed by atoms with E-state index in [1.165, 1.54) is 4.88 Å². The van der Waals surface area contributed by atoms with Crippen LogP contribution in [0.25, 0.3) is 0 Å². The first-order valence-corrected chi connectivity index (χ1v) is 10.2. The third-order valence-electron chi connectivity index (χ3n) is 4.34. The minimum Gasteiger partial charge on any atom is -0.473 e. The van der Waals surface area contributed by atoms with E-state index in [1.807, 2.05) is 42.5 Å². The Hall–Kier alpha value is -2.86. The largest absolute Gasteiger partial charge is 0.473 e. The van der Waals surface area contributed by atoms with E-state index in [1.54, 1.807) is 24.6 Å². The molecule has 3 rings (SSSR count). The number of guanidine groups is 1. The first kappa shape index (κ1) is 19.9. The van der Waals surface area contributed by atoms with Crippen molar-refractivity contribution in [2.45, 2.75) is 26.0 Å². The zero-order valence-corrected chi connectivity index (χ0v) is 17.1. The van der Waals surface area contributed by atoms with Crippen molar-refractivity contribution in [1.82, 2.24) is 15.6 Å². The van der Waals surface area contributed by atoms with Crippen LogP contribution >= 0.6 is 11.3 Å². The Morgan fingerprint density at radius 3 is 2.71 bits per heavy atom. The number of hydrogen-bond acceptors (Lipinski definition) is 4. The number of thiophene rings is 1. The molecule has 2 aromatic heterocycles. The number of hydrogen-bond donors (Lipinski definition) is 2. The molecule has 1 aromatic carbocycles. The van der Waals surface area contributed by atoms with Gasteiger partial charge in [-0.05, 0) is 23.1 Å². The van der Waals surface area contributed by atoms with E-state index < -0.39 is 0 Å².